The van der Waals surface area contributed by atoms with Gasteiger partial charge in [-0.3, -0.25) is 9.59 Å². The van der Waals surface area contributed by atoms with Crippen LogP contribution < -0.4 is 0 Å². The van der Waals surface area contributed by atoms with Crippen molar-refractivity contribution in [3.8, 4) is 0 Å². The van der Waals surface area contributed by atoms with E-state index in [9.17, 15) is 19.8 Å². The van der Waals surface area contributed by atoms with E-state index in [4.69, 9.17) is 0 Å². The van der Waals surface area contributed by atoms with Gasteiger partial charge in [-0.1, -0.05) is 60.1 Å². The normalized spacial score (nSPS) is 45.5. The third kappa shape index (κ3) is 3.52. The van der Waals surface area contributed by atoms with Gasteiger partial charge in [-0.2, -0.15) is 0 Å². The Morgan fingerprint density at radius 3 is 2.15 bits per heavy atom. The highest BCUT2D eigenvalue weighted by atomic mass is 16.4. The molecule has 0 aliphatic heterocycles. The fraction of sp³-hybridized carbons (Fsp3) is 0.867. The standard InChI is InChI=1S/C30H48O4/c1-19(2)20-10-13-29(7)23(27(20,5)12-11-24(31)32)9-8-21-22-18-26(3,4)14-16-30(22,25(33)34)17-15-28(21,29)6/h18-21,23H,8-17H2,1-7H3,(H,31,32)(H,33,34)/t20?,21-,23-,27+,28-,29-,30+/m1/s1. The maximum absolute atomic E-state index is 12.7. The van der Waals surface area contributed by atoms with Gasteiger partial charge in [0.05, 0.1) is 5.41 Å². The summed E-state index contributed by atoms with van der Waals surface area (Å²) in [4.78, 5) is 24.4. The zero-order chi connectivity index (χ0) is 25.3. The van der Waals surface area contributed by atoms with Gasteiger partial charge in [-0.05, 0) is 103 Å². The van der Waals surface area contributed by atoms with Gasteiger partial charge in [0.15, 0.2) is 0 Å². The first-order valence-corrected chi connectivity index (χ1v) is 13.8. The summed E-state index contributed by atoms with van der Waals surface area (Å²) in [6.07, 6.45) is 11.2. The van der Waals surface area contributed by atoms with Gasteiger partial charge < -0.3 is 10.2 Å². The zero-order valence-electron chi connectivity index (χ0n) is 22.7. The Bertz CT molecular complexity index is 886. The molecule has 0 aromatic carbocycles. The van der Waals surface area contributed by atoms with Crippen molar-refractivity contribution in [1.29, 1.82) is 0 Å². The Hall–Kier alpha value is -1.32. The first-order valence-electron chi connectivity index (χ1n) is 13.8. The van der Waals surface area contributed by atoms with Gasteiger partial charge in [-0.15, -0.1) is 0 Å². The van der Waals surface area contributed by atoms with Gasteiger partial charge in [0.1, 0.15) is 0 Å². The average molecular weight is 473 g/mol. The monoisotopic (exact) mass is 472 g/mol. The maximum Gasteiger partial charge on any atom is 0.313 e. The van der Waals surface area contributed by atoms with Crippen LogP contribution in [0.4, 0.5) is 0 Å². The Kier molecular flexibility index (Phi) is 6.14. The van der Waals surface area contributed by atoms with Crippen molar-refractivity contribution in [2.75, 3.05) is 0 Å². The van der Waals surface area contributed by atoms with E-state index < -0.39 is 17.4 Å². The lowest BCUT2D eigenvalue weighted by Crippen LogP contribution is -2.63. The topological polar surface area (TPSA) is 74.6 Å². The average Bonchev–Trinajstić information content (AvgIpc) is 2.72. The van der Waals surface area contributed by atoms with Crippen molar-refractivity contribution >= 4 is 11.9 Å². The maximum atomic E-state index is 12.7. The summed E-state index contributed by atoms with van der Waals surface area (Å²) in [5.74, 6) is 0.586. The molecule has 4 aliphatic rings. The van der Waals surface area contributed by atoms with E-state index in [1.165, 1.54) is 12.0 Å². The van der Waals surface area contributed by atoms with Crippen LogP contribution in [0.3, 0.4) is 0 Å². The Balaban J connectivity index is 1.79. The summed E-state index contributed by atoms with van der Waals surface area (Å²) in [5.41, 5.74) is 0.778. The number of aliphatic carboxylic acids is 2. The first kappa shape index (κ1) is 25.8. The molecule has 0 aromatic rings. The van der Waals surface area contributed by atoms with Crippen LogP contribution in [0.15, 0.2) is 11.6 Å². The number of rotatable bonds is 5. The predicted molar refractivity (Wildman–Crippen MR) is 135 cm³/mol. The molecule has 2 N–H and O–H groups in total. The summed E-state index contributed by atoms with van der Waals surface area (Å²) in [5, 5.41) is 20.0. The fourth-order valence-electron chi connectivity index (χ4n) is 9.94. The second-order valence-electron chi connectivity index (χ2n) is 14.3. The van der Waals surface area contributed by atoms with Crippen molar-refractivity contribution in [2.24, 2.45) is 50.7 Å². The van der Waals surface area contributed by atoms with Crippen LogP contribution in [-0.2, 0) is 9.59 Å². The van der Waals surface area contributed by atoms with E-state index >= 15 is 0 Å². The summed E-state index contributed by atoms with van der Waals surface area (Å²) in [6, 6.07) is 0. The molecular formula is C30H48O4. The minimum atomic E-state index is -0.686. The lowest BCUT2D eigenvalue weighted by Gasteiger charge is -2.70. The lowest BCUT2D eigenvalue weighted by atomic mass is 9.34. The van der Waals surface area contributed by atoms with Gasteiger partial charge >= 0.3 is 11.9 Å². The molecule has 7 atom stereocenters. The molecule has 4 nitrogen and oxygen atoms in total. The van der Waals surface area contributed by atoms with E-state index in [0.29, 0.717) is 23.7 Å². The Morgan fingerprint density at radius 2 is 1.56 bits per heavy atom. The van der Waals surface area contributed by atoms with Crippen LogP contribution >= 0.6 is 0 Å². The van der Waals surface area contributed by atoms with Crippen molar-refractivity contribution in [3.63, 3.8) is 0 Å². The number of carboxylic acids is 2. The van der Waals surface area contributed by atoms with Crippen LogP contribution in [0.1, 0.15) is 113 Å². The van der Waals surface area contributed by atoms with E-state index in [-0.39, 0.29) is 28.1 Å². The Labute approximate surface area is 207 Å². The third-order valence-electron chi connectivity index (χ3n) is 12.0. The smallest absolute Gasteiger partial charge is 0.313 e. The second kappa shape index (κ2) is 8.10. The molecule has 3 fully saturated rings. The summed E-state index contributed by atoms with van der Waals surface area (Å²) < 4.78 is 0. The highest BCUT2D eigenvalue weighted by molar-refractivity contribution is 5.80. The highest BCUT2D eigenvalue weighted by Gasteiger charge is 2.68. The minimum absolute atomic E-state index is 0.00901. The SMILES string of the molecule is CC(C)C1CC[C@]2(C)[C@H](CC[C@@H]3C4=CC(C)(C)CC[C@]4(C(=O)O)CC[C@]32C)[C@@]1(C)CCC(=O)O. The van der Waals surface area contributed by atoms with Crippen LogP contribution in [0, 0.1) is 50.7 Å². The van der Waals surface area contributed by atoms with Crippen molar-refractivity contribution in [3.05, 3.63) is 11.6 Å². The number of carbonyl (C=O) groups is 2. The minimum Gasteiger partial charge on any atom is -0.481 e. The van der Waals surface area contributed by atoms with Crippen molar-refractivity contribution < 1.29 is 19.8 Å². The van der Waals surface area contributed by atoms with Crippen LogP contribution in [0.5, 0.6) is 0 Å². The Morgan fingerprint density at radius 1 is 0.912 bits per heavy atom. The molecule has 0 radical (unpaired) electrons. The second-order valence-corrected chi connectivity index (χ2v) is 14.3. The van der Waals surface area contributed by atoms with E-state index in [2.05, 4.69) is 54.5 Å². The van der Waals surface area contributed by atoms with E-state index in [1.807, 2.05) is 0 Å². The lowest BCUT2D eigenvalue weighted by molar-refractivity contribution is -0.198. The molecule has 192 valence electrons. The highest BCUT2D eigenvalue weighted by Crippen LogP contribution is 2.74. The molecule has 4 aliphatic carbocycles. The molecule has 4 rings (SSSR count). The number of allylic oxidation sites excluding steroid dienone is 1. The third-order valence-corrected chi connectivity index (χ3v) is 12.0. The quantitative estimate of drug-likeness (QED) is 0.405. The largest absolute Gasteiger partial charge is 0.481 e. The van der Waals surface area contributed by atoms with Crippen LogP contribution in [0.2, 0.25) is 0 Å². The van der Waals surface area contributed by atoms with Gasteiger partial charge in [-0.25, -0.2) is 0 Å². The molecule has 34 heavy (non-hydrogen) atoms. The van der Waals surface area contributed by atoms with Crippen LogP contribution in [0.25, 0.3) is 0 Å². The van der Waals surface area contributed by atoms with Crippen molar-refractivity contribution in [1.82, 2.24) is 0 Å². The summed E-state index contributed by atoms with van der Waals surface area (Å²) in [7, 11) is 0. The molecule has 4 heteroatoms. The zero-order valence-corrected chi connectivity index (χ0v) is 22.7. The fourth-order valence-corrected chi connectivity index (χ4v) is 9.94. The summed E-state index contributed by atoms with van der Waals surface area (Å²) >= 11 is 0. The van der Waals surface area contributed by atoms with E-state index in [1.54, 1.807) is 0 Å². The number of hydrogen-bond donors (Lipinski definition) is 2. The molecule has 0 aromatic heterocycles. The molecule has 3 saturated carbocycles. The van der Waals surface area contributed by atoms with Crippen LogP contribution in [-0.4, -0.2) is 22.2 Å². The number of fused-ring (bicyclic) bond motifs is 5. The number of carboxylic acid groups (broad SMARTS) is 2. The van der Waals surface area contributed by atoms with Crippen molar-refractivity contribution in [2.45, 2.75) is 113 Å². The molecule has 0 heterocycles. The molecule has 0 amide bonds. The number of hydrogen-bond acceptors (Lipinski definition) is 2. The molecule has 0 saturated heterocycles. The molecule has 1 unspecified atom stereocenters. The van der Waals surface area contributed by atoms with E-state index in [0.717, 1.165) is 51.4 Å². The van der Waals surface area contributed by atoms with Gasteiger partial charge in [0.2, 0.25) is 0 Å². The van der Waals surface area contributed by atoms with Gasteiger partial charge in [0.25, 0.3) is 0 Å². The summed E-state index contributed by atoms with van der Waals surface area (Å²) in [6.45, 7) is 16.5. The predicted octanol–water partition coefficient (Wildman–Crippen LogP) is 7.57. The first-order chi connectivity index (χ1) is 15.6. The molecule has 0 spiro atoms. The van der Waals surface area contributed by atoms with Gasteiger partial charge in [0, 0.05) is 6.42 Å². The molecule has 0 bridgehead atoms. The molecular weight excluding hydrogens is 424 g/mol.